The van der Waals surface area contributed by atoms with E-state index in [4.69, 9.17) is 40.5 Å². The van der Waals surface area contributed by atoms with Gasteiger partial charge >= 0.3 is 0 Å². The van der Waals surface area contributed by atoms with Gasteiger partial charge in [0.15, 0.2) is 0 Å². The summed E-state index contributed by atoms with van der Waals surface area (Å²) in [4.78, 5) is 11.5. The number of halogens is 3. The van der Waals surface area contributed by atoms with E-state index in [1.54, 1.807) is 12.1 Å². The Balaban J connectivity index is 3.14. The van der Waals surface area contributed by atoms with Crippen molar-refractivity contribution < 1.29 is 4.79 Å². The van der Waals surface area contributed by atoms with Crippen LogP contribution in [0.3, 0.4) is 0 Å². The van der Waals surface area contributed by atoms with Gasteiger partial charge in [-0.2, -0.15) is 0 Å². The monoisotopic (exact) mass is 293 g/mol. The van der Waals surface area contributed by atoms with Gasteiger partial charge in [0.2, 0.25) is 5.91 Å². The van der Waals surface area contributed by atoms with Crippen LogP contribution in [-0.2, 0) is 4.79 Å². The second-order valence-electron chi connectivity index (χ2n) is 3.88. The molecule has 0 heterocycles. The van der Waals surface area contributed by atoms with Gasteiger partial charge < -0.3 is 5.73 Å². The molecule has 2 nitrogen and oxygen atoms in total. The van der Waals surface area contributed by atoms with Crippen molar-refractivity contribution in [3.8, 4) is 0 Å². The van der Waals surface area contributed by atoms with Crippen LogP contribution in [0.2, 0.25) is 15.1 Å². The molecule has 0 fully saturated rings. The number of rotatable bonds is 5. The molecule has 1 atom stereocenters. The van der Waals surface area contributed by atoms with Gasteiger partial charge in [-0.15, -0.1) is 0 Å². The van der Waals surface area contributed by atoms with Gasteiger partial charge in [-0.25, -0.2) is 0 Å². The summed E-state index contributed by atoms with van der Waals surface area (Å²) in [5, 5.41) is 1.23. The van der Waals surface area contributed by atoms with Gasteiger partial charge in [-0.3, -0.25) is 4.79 Å². The van der Waals surface area contributed by atoms with Gasteiger partial charge in [0, 0.05) is 20.6 Å². The highest BCUT2D eigenvalue weighted by Gasteiger charge is 2.23. The molecular weight excluding hydrogens is 280 g/mol. The minimum Gasteiger partial charge on any atom is -0.369 e. The minimum absolute atomic E-state index is 0.391. The topological polar surface area (TPSA) is 43.1 Å². The molecule has 0 aliphatic rings. The quantitative estimate of drug-likeness (QED) is 0.859. The van der Waals surface area contributed by atoms with Crippen molar-refractivity contribution in [2.24, 2.45) is 5.73 Å². The Labute approximate surface area is 116 Å². The first-order valence-corrected chi connectivity index (χ1v) is 6.54. The lowest BCUT2D eigenvalue weighted by atomic mass is 9.93. The smallest absolute Gasteiger partial charge is 0.225 e. The van der Waals surface area contributed by atoms with E-state index in [1.807, 2.05) is 6.92 Å². The molecule has 5 heteroatoms. The summed E-state index contributed by atoms with van der Waals surface area (Å²) in [6.07, 6.45) is 2.52. The normalized spacial score (nSPS) is 12.5. The van der Waals surface area contributed by atoms with E-state index in [0.29, 0.717) is 27.1 Å². The van der Waals surface area contributed by atoms with Crippen LogP contribution in [0.1, 0.15) is 37.7 Å². The molecule has 1 aromatic rings. The molecule has 1 unspecified atom stereocenters. The molecule has 0 saturated heterocycles. The van der Waals surface area contributed by atoms with Crippen molar-refractivity contribution in [1.82, 2.24) is 0 Å². The fourth-order valence-corrected chi connectivity index (χ4v) is 2.80. The number of hydrogen-bond acceptors (Lipinski definition) is 1. The van der Waals surface area contributed by atoms with Crippen LogP contribution in [0.15, 0.2) is 12.1 Å². The predicted octanol–water partition coefficient (Wildman–Crippen LogP) is 4.41. The maximum Gasteiger partial charge on any atom is 0.225 e. The van der Waals surface area contributed by atoms with Gasteiger partial charge in [-0.05, 0) is 18.6 Å². The maximum atomic E-state index is 11.5. The lowest BCUT2D eigenvalue weighted by molar-refractivity contribution is -0.119. The molecular formula is C12H14Cl3NO. The van der Waals surface area contributed by atoms with Crippen LogP contribution in [0.4, 0.5) is 0 Å². The Morgan fingerprint density at radius 1 is 1.29 bits per heavy atom. The Bertz CT molecular complexity index is 397. The molecule has 17 heavy (non-hydrogen) atoms. The second kappa shape index (κ2) is 6.48. The average Bonchev–Trinajstić information content (AvgIpc) is 2.20. The van der Waals surface area contributed by atoms with E-state index < -0.39 is 11.8 Å². The summed E-state index contributed by atoms with van der Waals surface area (Å²) in [5.74, 6) is -0.864. The molecule has 1 rings (SSSR count). The Hall–Kier alpha value is -0.440. The van der Waals surface area contributed by atoms with Crippen LogP contribution in [0.5, 0.6) is 0 Å². The Kier molecular flexibility index (Phi) is 5.57. The third kappa shape index (κ3) is 3.77. The molecule has 1 amide bonds. The first-order valence-electron chi connectivity index (χ1n) is 5.41. The first-order chi connectivity index (χ1) is 7.97. The molecule has 1 aromatic carbocycles. The fraction of sp³-hybridized carbons (Fsp3) is 0.417. The highest BCUT2D eigenvalue weighted by atomic mass is 35.5. The highest BCUT2D eigenvalue weighted by Crippen LogP contribution is 2.36. The van der Waals surface area contributed by atoms with Gasteiger partial charge in [0.25, 0.3) is 0 Å². The number of nitrogens with two attached hydrogens (primary N) is 1. The molecule has 0 saturated carbocycles. The molecule has 0 aliphatic heterocycles. The van der Waals surface area contributed by atoms with E-state index in [9.17, 15) is 4.79 Å². The van der Waals surface area contributed by atoms with E-state index in [0.717, 1.165) is 12.8 Å². The summed E-state index contributed by atoms with van der Waals surface area (Å²) >= 11 is 18.0. The molecule has 0 spiro atoms. The van der Waals surface area contributed by atoms with E-state index in [-0.39, 0.29) is 0 Å². The summed E-state index contributed by atoms with van der Waals surface area (Å²) in [6.45, 7) is 2.04. The van der Waals surface area contributed by atoms with Crippen molar-refractivity contribution in [2.45, 2.75) is 32.1 Å². The van der Waals surface area contributed by atoms with Crippen LogP contribution >= 0.6 is 34.8 Å². The van der Waals surface area contributed by atoms with Crippen LogP contribution in [-0.4, -0.2) is 5.91 Å². The van der Waals surface area contributed by atoms with Crippen LogP contribution < -0.4 is 5.73 Å². The van der Waals surface area contributed by atoms with Crippen LogP contribution in [0, 0.1) is 0 Å². The van der Waals surface area contributed by atoms with Crippen molar-refractivity contribution in [1.29, 1.82) is 0 Å². The number of carbonyl (C=O) groups excluding carboxylic acids is 1. The molecule has 0 bridgehead atoms. The molecule has 0 radical (unpaired) electrons. The SMILES string of the molecule is CCCCC(C(N)=O)c1c(Cl)cc(Cl)cc1Cl. The van der Waals surface area contributed by atoms with E-state index in [1.165, 1.54) is 0 Å². The highest BCUT2D eigenvalue weighted by molar-refractivity contribution is 6.39. The third-order valence-electron chi connectivity index (χ3n) is 2.58. The maximum absolute atomic E-state index is 11.5. The van der Waals surface area contributed by atoms with E-state index in [2.05, 4.69) is 0 Å². The zero-order chi connectivity index (χ0) is 13.0. The number of primary amides is 1. The second-order valence-corrected chi connectivity index (χ2v) is 5.13. The van der Waals surface area contributed by atoms with E-state index >= 15 is 0 Å². The standard InChI is InChI=1S/C12H14Cl3NO/c1-2-3-4-8(12(16)17)11-9(14)5-7(13)6-10(11)15/h5-6,8H,2-4H2,1H3,(H2,16,17). The zero-order valence-corrected chi connectivity index (χ0v) is 11.7. The van der Waals surface area contributed by atoms with Gasteiger partial charge in [0.1, 0.15) is 0 Å². The number of benzene rings is 1. The predicted molar refractivity (Wildman–Crippen MR) is 72.9 cm³/mol. The Morgan fingerprint density at radius 3 is 2.24 bits per heavy atom. The molecule has 0 aliphatic carbocycles. The first kappa shape index (κ1) is 14.6. The lowest BCUT2D eigenvalue weighted by Gasteiger charge is -2.16. The van der Waals surface area contributed by atoms with Gasteiger partial charge in [0.05, 0.1) is 5.92 Å². The van der Waals surface area contributed by atoms with Crippen molar-refractivity contribution in [2.75, 3.05) is 0 Å². The Morgan fingerprint density at radius 2 is 1.82 bits per heavy atom. The lowest BCUT2D eigenvalue weighted by Crippen LogP contribution is -2.22. The summed E-state index contributed by atoms with van der Waals surface area (Å²) < 4.78 is 0. The molecule has 2 N–H and O–H groups in total. The molecule has 94 valence electrons. The van der Waals surface area contributed by atoms with Crippen molar-refractivity contribution in [3.63, 3.8) is 0 Å². The summed E-state index contributed by atoms with van der Waals surface area (Å²) in [6, 6.07) is 3.15. The van der Waals surface area contributed by atoms with Crippen LogP contribution in [0.25, 0.3) is 0 Å². The number of carbonyl (C=O) groups is 1. The summed E-state index contributed by atoms with van der Waals surface area (Å²) in [5.41, 5.74) is 5.98. The largest absolute Gasteiger partial charge is 0.369 e. The minimum atomic E-state index is -0.452. The summed E-state index contributed by atoms with van der Waals surface area (Å²) in [7, 11) is 0. The third-order valence-corrected chi connectivity index (χ3v) is 3.43. The van der Waals surface area contributed by atoms with Crippen molar-refractivity contribution >= 4 is 40.7 Å². The fourth-order valence-electron chi connectivity index (χ4n) is 1.72. The number of hydrogen-bond donors (Lipinski definition) is 1. The zero-order valence-electron chi connectivity index (χ0n) is 9.47. The average molecular weight is 295 g/mol. The number of unbranched alkanes of at least 4 members (excludes halogenated alkanes) is 1. The number of amides is 1. The van der Waals surface area contributed by atoms with Crippen molar-refractivity contribution in [3.05, 3.63) is 32.8 Å². The molecule has 0 aromatic heterocycles. The van der Waals surface area contributed by atoms with Gasteiger partial charge in [-0.1, -0.05) is 54.6 Å².